The highest BCUT2D eigenvalue weighted by Gasteiger charge is 2.38. The summed E-state index contributed by atoms with van der Waals surface area (Å²) in [4.78, 5) is 0. The number of halogens is 1. The lowest BCUT2D eigenvalue weighted by atomic mass is 10.1. The number of alkyl halides is 1. The van der Waals surface area contributed by atoms with Crippen LogP contribution < -0.4 is 9.47 Å². The molecule has 0 aromatic heterocycles. The molecule has 0 atom stereocenters. The topological polar surface area (TPSA) is 36.9 Å². The van der Waals surface area contributed by atoms with Gasteiger partial charge in [0.1, 0.15) is 0 Å². The van der Waals surface area contributed by atoms with E-state index in [9.17, 15) is 0 Å². The normalized spacial score (nSPS) is 21.3. The van der Waals surface area contributed by atoms with Gasteiger partial charge in [-0.15, -0.1) is 11.6 Å². The molecule has 1 fully saturated rings. The first-order valence-electron chi connectivity index (χ1n) is 5.08. The SMILES string of the molecule is ClCC1(c2ccc3c(c2)OCO3)OCCO1. The molecule has 5 heteroatoms. The molecule has 3 rings (SSSR count). The number of ether oxygens (including phenoxy) is 4. The average molecular weight is 243 g/mol. The van der Waals surface area contributed by atoms with Crippen LogP contribution in [0.2, 0.25) is 0 Å². The van der Waals surface area contributed by atoms with Crippen LogP contribution in [0.4, 0.5) is 0 Å². The van der Waals surface area contributed by atoms with E-state index in [4.69, 9.17) is 30.5 Å². The van der Waals surface area contributed by atoms with Gasteiger partial charge < -0.3 is 18.9 Å². The maximum Gasteiger partial charge on any atom is 0.231 e. The Morgan fingerprint density at radius 1 is 1.12 bits per heavy atom. The van der Waals surface area contributed by atoms with Gasteiger partial charge in [-0.25, -0.2) is 0 Å². The van der Waals surface area contributed by atoms with Crippen molar-refractivity contribution in [1.29, 1.82) is 0 Å². The van der Waals surface area contributed by atoms with Crippen LogP contribution in [-0.2, 0) is 15.3 Å². The lowest BCUT2D eigenvalue weighted by molar-refractivity contribution is -0.146. The molecule has 0 unspecified atom stereocenters. The monoisotopic (exact) mass is 242 g/mol. The van der Waals surface area contributed by atoms with Crippen LogP contribution in [0, 0.1) is 0 Å². The van der Waals surface area contributed by atoms with Crippen LogP contribution in [-0.4, -0.2) is 25.9 Å². The molecular weight excluding hydrogens is 232 g/mol. The lowest BCUT2D eigenvalue weighted by Crippen LogP contribution is -2.29. The Morgan fingerprint density at radius 2 is 1.88 bits per heavy atom. The van der Waals surface area contributed by atoms with Gasteiger partial charge in [-0.05, 0) is 18.2 Å². The van der Waals surface area contributed by atoms with Gasteiger partial charge >= 0.3 is 0 Å². The highest BCUT2D eigenvalue weighted by atomic mass is 35.5. The van der Waals surface area contributed by atoms with E-state index in [2.05, 4.69) is 0 Å². The second-order valence-electron chi connectivity index (χ2n) is 3.65. The Morgan fingerprint density at radius 3 is 2.62 bits per heavy atom. The number of fused-ring (bicyclic) bond motifs is 1. The van der Waals surface area contributed by atoms with Crippen LogP contribution in [0.5, 0.6) is 11.5 Å². The summed E-state index contributed by atoms with van der Waals surface area (Å²) in [7, 11) is 0. The minimum atomic E-state index is -0.831. The summed E-state index contributed by atoms with van der Waals surface area (Å²) >= 11 is 5.93. The van der Waals surface area contributed by atoms with Crippen LogP contribution in [0.3, 0.4) is 0 Å². The van der Waals surface area contributed by atoms with Gasteiger partial charge in [-0.2, -0.15) is 0 Å². The summed E-state index contributed by atoms with van der Waals surface area (Å²) in [5, 5.41) is 0. The van der Waals surface area contributed by atoms with Gasteiger partial charge in [0.05, 0.1) is 19.1 Å². The van der Waals surface area contributed by atoms with Crippen LogP contribution >= 0.6 is 11.6 Å². The fourth-order valence-corrected chi connectivity index (χ4v) is 2.22. The van der Waals surface area contributed by atoms with E-state index in [0.717, 1.165) is 11.3 Å². The van der Waals surface area contributed by atoms with Crippen molar-refractivity contribution in [2.75, 3.05) is 25.9 Å². The largest absolute Gasteiger partial charge is 0.454 e. The summed E-state index contributed by atoms with van der Waals surface area (Å²) in [5.41, 5.74) is 0.865. The van der Waals surface area contributed by atoms with Crippen molar-refractivity contribution in [3.63, 3.8) is 0 Å². The van der Waals surface area contributed by atoms with Gasteiger partial charge in [-0.1, -0.05) is 0 Å². The lowest BCUT2D eigenvalue weighted by Gasteiger charge is -2.25. The van der Waals surface area contributed by atoms with Gasteiger partial charge in [0.25, 0.3) is 0 Å². The van der Waals surface area contributed by atoms with Crippen molar-refractivity contribution >= 4 is 11.6 Å². The third-order valence-electron chi connectivity index (χ3n) is 2.74. The molecule has 2 heterocycles. The number of hydrogen-bond donors (Lipinski definition) is 0. The molecule has 1 saturated heterocycles. The molecule has 1 aromatic carbocycles. The second-order valence-corrected chi connectivity index (χ2v) is 3.92. The maximum absolute atomic E-state index is 5.93. The zero-order valence-corrected chi connectivity index (χ0v) is 9.33. The van der Waals surface area contributed by atoms with Gasteiger partial charge in [0.2, 0.25) is 12.6 Å². The van der Waals surface area contributed by atoms with Crippen molar-refractivity contribution in [1.82, 2.24) is 0 Å². The molecule has 0 amide bonds. The minimum Gasteiger partial charge on any atom is -0.454 e. The Hall–Kier alpha value is -0.970. The first kappa shape index (κ1) is 10.2. The first-order chi connectivity index (χ1) is 7.84. The van der Waals surface area contributed by atoms with Crippen LogP contribution in [0.1, 0.15) is 5.56 Å². The Bertz CT molecular complexity index is 401. The maximum atomic E-state index is 5.93. The minimum absolute atomic E-state index is 0.257. The predicted molar refractivity (Wildman–Crippen MR) is 56.9 cm³/mol. The van der Waals surface area contributed by atoms with Crippen molar-refractivity contribution < 1.29 is 18.9 Å². The molecule has 2 aliphatic heterocycles. The van der Waals surface area contributed by atoms with Crippen molar-refractivity contribution in [2.24, 2.45) is 0 Å². The van der Waals surface area contributed by atoms with E-state index in [1.165, 1.54) is 0 Å². The third-order valence-corrected chi connectivity index (χ3v) is 3.09. The number of benzene rings is 1. The van der Waals surface area contributed by atoms with E-state index >= 15 is 0 Å². The summed E-state index contributed by atoms with van der Waals surface area (Å²) in [6.07, 6.45) is 0. The molecule has 0 aliphatic carbocycles. The zero-order chi connectivity index (χ0) is 11.0. The zero-order valence-electron chi connectivity index (χ0n) is 8.57. The highest BCUT2D eigenvalue weighted by Crippen LogP contribution is 2.39. The summed E-state index contributed by atoms with van der Waals surface area (Å²) in [6.45, 7) is 1.37. The quantitative estimate of drug-likeness (QED) is 0.742. The van der Waals surface area contributed by atoms with E-state index in [1.807, 2.05) is 18.2 Å². The standard InChI is InChI=1S/C11H11ClO4/c12-6-11(15-3-4-16-11)8-1-2-9-10(5-8)14-7-13-9/h1-2,5H,3-4,6-7H2. The molecule has 2 aliphatic rings. The smallest absolute Gasteiger partial charge is 0.231 e. The molecule has 0 spiro atoms. The van der Waals surface area contributed by atoms with Gasteiger partial charge in [0.15, 0.2) is 11.5 Å². The highest BCUT2D eigenvalue weighted by molar-refractivity contribution is 6.18. The summed E-state index contributed by atoms with van der Waals surface area (Å²) in [6, 6.07) is 5.59. The third kappa shape index (κ3) is 1.45. The molecule has 86 valence electrons. The number of hydrogen-bond acceptors (Lipinski definition) is 4. The fraction of sp³-hybridized carbons (Fsp3) is 0.455. The first-order valence-corrected chi connectivity index (χ1v) is 5.61. The van der Waals surface area contributed by atoms with Gasteiger partial charge in [-0.3, -0.25) is 0 Å². The molecule has 1 aromatic rings. The molecule has 4 nitrogen and oxygen atoms in total. The molecule has 16 heavy (non-hydrogen) atoms. The summed E-state index contributed by atoms with van der Waals surface area (Å²) in [5.74, 6) is 0.877. The van der Waals surface area contributed by atoms with E-state index in [-0.39, 0.29) is 12.7 Å². The van der Waals surface area contributed by atoms with Crippen LogP contribution in [0.15, 0.2) is 18.2 Å². The molecule has 0 bridgehead atoms. The molecule has 0 saturated carbocycles. The van der Waals surface area contributed by atoms with Crippen molar-refractivity contribution in [2.45, 2.75) is 5.79 Å². The molecular formula is C11H11ClO4. The van der Waals surface area contributed by atoms with Crippen molar-refractivity contribution in [3.8, 4) is 11.5 Å². The van der Waals surface area contributed by atoms with Gasteiger partial charge in [0, 0.05) is 5.56 Å². The fourth-order valence-electron chi connectivity index (χ4n) is 1.91. The summed E-state index contributed by atoms with van der Waals surface area (Å²) < 4.78 is 21.7. The second kappa shape index (κ2) is 3.80. The molecule has 0 radical (unpaired) electrons. The van der Waals surface area contributed by atoms with E-state index in [0.29, 0.717) is 19.0 Å². The predicted octanol–water partition coefficient (Wildman–Crippen LogP) is 1.85. The number of rotatable bonds is 2. The van der Waals surface area contributed by atoms with E-state index in [1.54, 1.807) is 0 Å². The van der Waals surface area contributed by atoms with E-state index < -0.39 is 5.79 Å². The Kier molecular flexibility index (Phi) is 2.42. The Labute approximate surface area is 98.0 Å². The van der Waals surface area contributed by atoms with Crippen molar-refractivity contribution in [3.05, 3.63) is 23.8 Å². The Balaban J connectivity index is 1.99. The average Bonchev–Trinajstić information content (AvgIpc) is 2.97. The molecule has 0 N–H and O–H groups in total. The van der Waals surface area contributed by atoms with Crippen LogP contribution in [0.25, 0.3) is 0 Å².